The van der Waals surface area contributed by atoms with E-state index in [9.17, 15) is 21.2 Å². The van der Waals surface area contributed by atoms with Gasteiger partial charge in [-0.25, -0.2) is 21.2 Å². The maximum absolute atomic E-state index is 15.0. The number of ether oxygens (including phenoxy) is 1. The van der Waals surface area contributed by atoms with Crippen molar-refractivity contribution in [2.24, 2.45) is 5.92 Å². The number of halogens is 1. The maximum atomic E-state index is 15.0. The maximum Gasteiger partial charge on any atom is 0.261 e. The Kier molecular flexibility index (Phi) is 7.94. The number of nitrogens with zero attached hydrogens (tertiary/aromatic N) is 1. The van der Waals surface area contributed by atoms with Gasteiger partial charge in [-0.05, 0) is 75.4 Å². The summed E-state index contributed by atoms with van der Waals surface area (Å²) in [6.45, 7) is 6.16. The Hall–Kier alpha value is -2.21. The third kappa shape index (κ3) is 6.19. The molecule has 2 fully saturated rings. The van der Waals surface area contributed by atoms with Crippen molar-refractivity contribution in [1.29, 1.82) is 0 Å². The van der Waals surface area contributed by atoms with Gasteiger partial charge in [-0.2, -0.15) is 0 Å². The van der Waals surface area contributed by atoms with Gasteiger partial charge in [0, 0.05) is 31.4 Å². The molecule has 3 atom stereocenters. The second-order valence-electron chi connectivity index (χ2n) is 9.88. The molecule has 2 aromatic rings. The normalized spacial score (nSPS) is 24.0. The molecule has 2 aliphatic heterocycles. The van der Waals surface area contributed by atoms with E-state index in [1.165, 1.54) is 42.5 Å². The molecule has 0 radical (unpaired) electrons. The monoisotopic (exact) mass is 539 g/mol. The number of hydrogen-bond acceptors (Lipinski definition) is 7. The summed E-state index contributed by atoms with van der Waals surface area (Å²) < 4.78 is 72.9. The molecule has 0 bridgehead atoms. The molecule has 0 aliphatic carbocycles. The minimum atomic E-state index is -4.06. The number of nitrogens with one attached hydrogen (secondary N) is 2. The van der Waals surface area contributed by atoms with Gasteiger partial charge in [0.15, 0.2) is 9.84 Å². The lowest BCUT2D eigenvalue weighted by atomic mass is 9.88. The molecule has 4 rings (SSSR count). The first-order chi connectivity index (χ1) is 16.9. The molecule has 0 spiro atoms. The summed E-state index contributed by atoms with van der Waals surface area (Å²) in [5, 5.41) is 3.53. The van der Waals surface area contributed by atoms with E-state index in [0.717, 1.165) is 25.5 Å². The van der Waals surface area contributed by atoms with E-state index < -0.39 is 25.7 Å². The highest BCUT2D eigenvalue weighted by Gasteiger charge is 2.31. The van der Waals surface area contributed by atoms with Gasteiger partial charge in [-0.3, -0.25) is 4.72 Å². The lowest BCUT2D eigenvalue weighted by molar-refractivity contribution is -0.0329. The third-order valence-electron chi connectivity index (χ3n) is 6.96. The Morgan fingerprint density at radius 1 is 1.03 bits per heavy atom. The Morgan fingerprint density at radius 2 is 1.67 bits per heavy atom. The summed E-state index contributed by atoms with van der Waals surface area (Å²) in [6, 6.07) is 9.90. The van der Waals surface area contributed by atoms with Crippen molar-refractivity contribution in [3.8, 4) is 0 Å². The van der Waals surface area contributed by atoms with Crippen molar-refractivity contribution in [3.05, 3.63) is 48.3 Å². The minimum absolute atomic E-state index is 0.0223. The van der Waals surface area contributed by atoms with Crippen molar-refractivity contribution in [2.45, 2.75) is 61.1 Å². The molecule has 8 nitrogen and oxygen atoms in total. The largest absolute Gasteiger partial charge is 0.375 e. The predicted octanol–water partition coefficient (Wildman–Crippen LogP) is 3.40. The second kappa shape index (κ2) is 10.6. The van der Waals surface area contributed by atoms with Crippen molar-refractivity contribution in [2.75, 3.05) is 35.6 Å². The molecule has 2 saturated heterocycles. The molecule has 0 aromatic heterocycles. The average molecular weight is 540 g/mol. The van der Waals surface area contributed by atoms with Crippen molar-refractivity contribution >= 4 is 31.2 Å². The van der Waals surface area contributed by atoms with Gasteiger partial charge in [-0.15, -0.1) is 0 Å². The zero-order chi connectivity index (χ0) is 26.1. The fourth-order valence-corrected chi connectivity index (χ4v) is 6.70. The van der Waals surface area contributed by atoms with Crippen LogP contribution in [-0.4, -0.2) is 61.0 Å². The number of anilines is 2. The Morgan fingerprint density at radius 3 is 2.28 bits per heavy atom. The predicted molar refractivity (Wildman–Crippen MR) is 138 cm³/mol. The van der Waals surface area contributed by atoms with Crippen LogP contribution in [0.5, 0.6) is 0 Å². The first-order valence-electron chi connectivity index (χ1n) is 12.2. The fraction of sp³-hybridized carbons (Fsp3) is 0.520. The van der Waals surface area contributed by atoms with Gasteiger partial charge in [0.25, 0.3) is 10.0 Å². The van der Waals surface area contributed by atoms with Crippen molar-refractivity contribution in [3.63, 3.8) is 0 Å². The van der Waals surface area contributed by atoms with Crippen LogP contribution in [0.15, 0.2) is 52.3 Å². The molecule has 36 heavy (non-hydrogen) atoms. The number of morpholine rings is 1. The van der Waals surface area contributed by atoms with Gasteiger partial charge in [0.05, 0.1) is 33.9 Å². The first-order valence-corrected chi connectivity index (χ1v) is 15.6. The molecule has 2 N–H and O–H groups in total. The SMILES string of the molecule is CC1COC(CC2CCN(c3c(F)cccc3NS(=O)(=O)c3ccc(S(C)(=O)=O)cc3)CC2)C(C)N1. The molecular formula is C25H34FN3O5S2. The van der Waals surface area contributed by atoms with Crippen LogP contribution in [0.25, 0.3) is 0 Å². The summed E-state index contributed by atoms with van der Waals surface area (Å²) in [5.41, 5.74) is 0.383. The van der Waals surface area contributed by atoms with Gasteiger partial charge in [0.1, 0.15) is 5.82 Å². The number of hydrogen-bond donors (Lipinski definition) is 2. The van der Waals surface area contributed by atoms with Crippen LogP contribution in [0.4, 0.5) is 15.8 Å². The quantitative estimate of drug-likeness (QED) is 0.556. The summed E-state index contributed by atoms with van der Waals surface area (Å²) in [4.78, 5) is 1.81. The lowest BCUT2D eigenvalue weighted by Gasteiger charge is -2.39. The van der Waals surface area contributed by atoms with Crippen LogP contribution in [-0.2, 0) is 24.6 Å². The smallest absolute Gasteiger partial charge is 0.261 e. The van der Waals surface area contributed by atoms with Crippen LogP contribution >= 0.6 is 0 Å². The highest BCUT2D eigenvalue weighted by Crippen LogP contribution is 2.35. The minimum Gasteiger partial charge on any atom is -0.375 e. The highest BCUT2D eigenvalue weighted by molar-refractivity contribution is 7.92. The molecule has 0 saturated carbocycles. The Labute approximate surface area is 213 Å². The summed E-state index contributed by atoms with van der Waals surface area (Å²) in [6.07, 6.45) is 3.86. The number of piperidine rings is 1. The molecule has 3 unspecified atom stereocenters. The third-order valence-corrected chi connectivity index (χ3v) is 9.46. The lowest BCUT2D eigenvalue weighted by Crippen LogP contribution is -2.52. The number of sulfonamides is 1. The van der Waals surface area contributed by atoms with Crippen LogP contribution in [0, 0.1) is 11.7 Å². The standard InChI is InChI=1S/C25H34FN3O5S2/c1-17-16-34-24(18(2)27-17)15-19-11-13-29(14-12-19)25-22(26)5-4-6-23(25)28-36(32,33)21-9-7-20(8-10-21)35(3,30)31/h4-10,17-19,24,27-28H,11-16H2,1-3H3. The number of sulfone groups is 1. The molecule has 2 heterocycles. The Balaban J connectivity index is 1.46. The van der Waals surface area contributed by atoms with Gasteiger partial charge in [0.2, 0.25) is 0 Å². The second-order valence-corrected chi connectivity index (χ2v) is 13.6. The van der Waals surface area contributed by atoms with E-state index in [1.54, 1.807) is 0 Å². The summed E-state index contributed by atoms with van der Waals surface area (Å²) >= 11 is 0. The van der Waals surface area contributed by atoms with E-state index in [0.29, 0.717) is 31.7 Å². The first kappa shape index (κ1) is 26.8. The summed E-state index contributed by atoms with van der Waals surface area (Å²) in [7, 11) is -7.51. The molecular weight excluding hydrogens is 505 g/mol. The average Bonchev–Trinajstić information content (AvgIpc) is 2.81. The van der Waals surface area contributed by atoms with E-state index in [-0.39, 0.29) is 33.3 Å². The van der Waals surface area contributed by atoms with E-state index in [2.05, 4.69) is 23.9 Å². The van der Waals surface area contributed by atoms with Crippen LogP contribution in [0.1, 0.15) is 33.1 Å². The van der Waals surface area contributed by atoms with Crippen LogP contribution in [0.3, 0.4) is 0 Å². The zero-order valence-corrected chi connectivity index (χ0v) is 22.4. The topological polar surface area (TPSA) is 105 Å². The van der Waals surface area contributed by atoms with Gasteiger partial charge >= 0.3 is 0 Å². The van der Waals surface area contributed by atoms with Gasteiger partial charge < -0.3 is 15.0 Å². The number of para-hydroxylation sites is 1. The zero-order valence-electron chi connectivity index (χ0n) is 20.8. The van der Waals surface area contributed by atoms with Crippen LogP contribution in [0.2, 0.25) is 0 Å². The Bertz CT molecular complexity index is 1280. The molecule has 2 aliphatic rings. The van der Waals surface area contributed by atoms with E-state index in [1.807, 2.05) is 4.90 Å². The van der Waals surface area contributed by atoms with E-state index in [4.69, 9.17) is 4.74 Å². The fourth-order valence-electron chi connectivity index (χ4n) is 5.00. The number of rotatable bonds is 7. The van der Waals surface area contributed by atoms with E-state index >= 15 is 0 Å². The number of benzene rings is 2. The summed E-state index contributed by atoms with van der Waals surface area (Å²) in [5.74, 6) is -0.0484. The molecule has 2 aromatic carbocycles. The van der Waals surface area contributed by atoms with Crippen molar-refractivity contribution in [1.82, 2.24) is 5.32 Å². The highest BCUT2D eigenvalue weighted by atomic mass is 32.2. The van der Waals surface area contributed by atoms with Gasteiger partial charge in [-0.1, -0.05) is 6.07 Å². The molecule has 198 valence electrons. The molecule has 11 heteroatoms. The molecule has 0 amide bonds. The van der Waals surface area contributed by atoms with Crippen LogP contribution < -0.4 is 14.9 Å². The van der Waals surface area contributed by atoms with Crippen molar-refractivity contribution < 1.29 is 26.0 Å².